The van der Waals surface area contributed by atoms with E-state index in [1.165, 1.54) is 19.4 Å². The van der Waals surface area contributed by atoms with Gasteiger partial charge in [-0.15, -0.1) is 0 Å². The van der Waals surface area contributed by atoms with Crippen molar-refractivity contribution in [2.75, 3.05) is 31.7 Å². The Balaban J connectivity index is 1.81. The van der Waals surface area contributed by atoms with Crippen molar-refractivity contribution < 1.29 is 4.74 Å². The first-order valence-corrected chi connectivity index (χ1v) is 5.88. The zero-order valence-corrected chi connectivity index (χ0v) is 10.1. The molecule has 17 heavy (non-hydrogen) atoms. The molecule has 6 nitrogen and oxygen atoms in total. The molecule has 0 amide bonds. The molecule has 0 aromatic carbocycles. The molecular formula is C11H19N5O. The summed E-state index contributed by atoms with van der Waals surface area (Å²) in [5, 5.41) is 0. The number of aromatic nitrogens is 2. The number of rotatable bonds is 4. The molecule has 4 N–H and O–H groups in total. The van der Waals surface area contributed by atoms with Gasteiger partial charge in [0, 0.05) is 12.1 Å². The van der Waals surface area contributed by atoms with Crippen LogP contribution >= 0.6 is 0 Å². The number of nitrogen functional groups attached to an aromatic ring is 2. The third-order valence-electron chi connectivity index (χ3n) is 3.11. The molecule has 2 rings (SSSR count). The van der Waals surface area contributed by atoms with E-state index in [-0.39, 0.29) is 5.95 Å². The van der Waals surface area contributed by atoms with Gasteiger partial charge in [-0.05, 0) is 32.9 Å². The summed E-state index contributed by atoms with van der Waals surface area (Å²) in [5.41, 5.74) is 11.0. The maximum atomic E-state index is 5.56. The zero-order chi connectivity index (χ0) is 12.3. The van der Waals surface area contributed by atoms with Gasteiger partial charge in [-0.3, -0.25) is 0 Å². The van der Waals surface area contributed by atoms with Crippen LogP contribution in [-0.2, 0) is 0 Å². The summed E-state index contributed by atoms with van der Waals surface area (Å²) in [5.74, 6) is 0.944. The molecule has 0 radical (unpaired) electrons. The topological polar surface area (TPSA) is 90.3 Å². The molecule has 1 aromatic rings. The standard InChI is InChI=1S/C11H19N5O/c1-16-5-2-3-8(16)4-6-17-10-7-9(12)14-11(13)15-10/h7-8H,2-6H2,1H3,(H4,12,13,14,15). The second-order valence-corrected chi connectivity index (χ2v) is 4.40. The van der Waals surface area contributed by atoms with Gasteiger partial charge in [-0.1, -0.05) is 0 Å². The SMILES string of the molecule is CN1CCCC1CCOc1cc(N)nc(N)n1. The summed E-state index contributed by atoms with van der Waals surface area (Å²) in [7, 11) is 2.15. The predicted molar refractivity (Wildman–Crippen MR) is 66.6 cm³/mol. The fraction of sp³-hybridized carbons (Fsp3) is 0.636. The minimum Gasteiger partial charge on any atom is -0.477 e. The van der Waals surface area contributed by atoms with Crippen molar-refractivity contribution in [2.45, 2.75) is 25.3 Å². The fourth-order valence-corrected chi connectivity index (χ4v) is 2.18. The molecule has 1 unspecified atom stereocenters. The van der Waals surface area contributed by atoms with Gasteiger partial charge in [0.2, 0.25) is 11.8 Å². The van der Waals surface area contributed by atoms with Gasteiger partial charge in [0.25, 0.3) is 0 Å². The lowest BCUT2D eigenvalue weighted by Gasteiger charge is -2.19. The summed E-state index contributed by atoms with van der Waals surface area (Å²) in [6, 6.07) is 2.21. The lowest BCUT2D eigenvalue weighted by Crippen LogP contribution is -2.26. The van der Waals surface area contributed by atoms with E-state index in [0.29, 0.717) is 24.3 Å². The van der Waals surface area contributed by atoms with Crippen LogP contribution in [0.25, 0.3) is 0 Å². The van der Waals surface area contributed by atoms with Crippen molar-refractivity contribution in [1.29, 1.82) is 0 Å². The van der Waals surface area contributed by atoms with Gasteiger partial charge >= 0.3 is 0 Å². The Morgan fingerprint density at radius 1 is 1.47 bits per heavy atom. The van der Waals surface area contributed by atoms with Crippen molar-refractivity contribution in [3.63, 3.8) is 0 Å². The molecule has 1 aliphatic rings. The van der Waals surface area contributed by atoms with Crippen LogP contribution in [0.4, 0.5) is 11.8 Å². The molecule has 1 aromatic heterocycles. The number of hydrogen-bond acceptors (Lipinski definition) is 6. The van der Waals surface area contributed by atoms with Crippen molar-refractivity contribution in [3.05, 3.63) is 6.07 Å². The van der Waals surface area contributed by atoms with E-state index in [0.717, 1.165) is 6.42 Å². The number of hydrogen-bond donors (Lipinski definition) is 2. The van der Waals surface area contributed by atoms with Crippen LogP contribution in [0, 0.1) is 0 Å². The largest absolute Gasteiger partial charge is 0.477 e. The first-order chi connectivity index (χ1) is 8.15. The molecule has 0 bridgehead atoms. The molecule has 0 spiro atoms. The van der Waals surface area contributed by atoms with Gasteiger partial charge < -0.3 is 21.1 Å². The Hall–Kier alpha value is -1.56. The van der Waals surface area contributed by atoms with E-state index in [1.54, 1.807) is 6.07 Å². The summed E-state index contributed by atoms with van der Waals surface area (Å²) in [6.45, 7) is 1.81. The minimum atomic E-state index is 0.151. The zero-order valence-electron chi connectivity index (χ0n) is 10.1. The molecule has 1 saturated heterocycles. The van der Waals surface area contributed by atoms with Crippen LogP contribution in [0.5, 0.6) is 5.88 Å². The van der Waals surface area contributed by atoms with Crippen LogP contribution in [0.2, 0.25) is 0 Å². The Morgan fingerprint density at radius 2 is 2.29 bits per heavy atom. The average molecular weight is 237 g/mol. The summed E-state index contributed by atoms with van der Waals surface area (Å²) < 4.78 is 5.54. The highest BCUT2D eigenvalue weighted by atomic mass is 16.5. The molecule has 2 heterocycles. The second-order valence-electron chi connectivity index (χ2n) is 4.40. The van der Waals surface area contributed by atoms with Gasteiger partial charge in [0.1, 0.15) is 5.82 Å². The normalized spacial score (nSPS) is 20.6. The molecule has 1 aliphatic heterocycles. The predicted octanol–water partition coefficient (Wildman–Crippen LogP) is 0.504. The van der Waals surface area contributed by atoms with E-state index in [1.807, 2.05) is 0 Å². The quantitative estimate of drug-likeness (QED) is 0.792. The smallest absolute Gasteiger partial charge is 0.225 e. The highest BCUT2D eigenvalue weighted by molar-refractivity contribution is 5.38. The van der Waals surface area contributed by atoms with E-state index in [2.05, 4.69) is 21.9 Å². The summed E-state index contributed by atoms with van der Waals surface area (Å²) >= 11 is 0. The van der Waals surface area contributed by atoms with Crippen LogP contribution in [-0.4, -0.2) is 41.1 Å². The maximum absolute atomic E-state index is 5.56. The van der Waals surface area contributed by atoms with Gasteiger partial charge in [0.15, 0.2) is 0 Å². The number of ether oxygens (including phenoxy) is 1. The monoisotopic (exact) mass is 237 g/mol. The fourth-order valence-electron chi connectivity index (χ4n) is 2.18. The van der Waals surface area contributed by atoms with Crippen LogP contribution in [0.3, 0.4) is 0 Å². The van der Waals surface area contributed by atoms with E-state index >= 15 is 0 Å². The summed E-state index contributed by atoms with van der Waals surface area (Å²) in [4.78, 5) is 10.1. The second kappa shape index (κ2) is 5.18. The van der Waals surface area contributed by atoms with Crippen molar-refractivity contribution >= 4 is 11.8 Å². The van der Waals surface area contributed by atoms with Crippen LogP contribution < -0.4 is 16.2 Å². The van der Waals surface area contributed by atoms with Gasteiger partial charge in [0.05, 0.1) is 6.61 Å². The maximum Gasteiger partial charge on any atom is 0.225 e. The first-order valence-electron chi connectivity index (χ1n) is 5.88. The Morgan fingerprint density at radius 3 is 2.94 bits per heavy atom. The Bertz CT molecular complexity index is 364. The van der Waals surface area contributed by atoms with E-state index < -0.39 is 0 Å². The highest BCUT2D eigenvalue weighted by Crippen LogP contribution is 2.18. The summed E-state index contributed by atoms with van der Waals surface area (Å²) in [6.07, 6.45) is 3.52. The molecule has 1 atom stereocenters. The van der Waals surface area contributed by atoms with Crippen molar-refractivity contribution in [3.8, 4) is 5.88 Å². The number of nitrogens with zero attached hydrogens (tertiary/aromatic N) is 3. The number of likely N-dealkylation sites (tertiary alicyclic amines) is 1. The number of nitrogens with two attached hydrogens (primary N) is 2. The minimum absolute atomic E-state index is 0.151. The first kappa shape index (κ1) is 11.9. The van der Waals surface area contributed by atoms with Gasteiger partial charge in [-0.25, -0.2) is 0 Å². The lowest BCUT2D eigenvalue weighted by atomic mass is 10.1. The van der Waals surface area contributed by atoms with E-state index in [4.69, 9.17) is 16.2 Å². The molecule has 94 valence electrons. The van der Waals surface area contributed by atoms with E-state index in [9.17, 15) is 0 Å². The van der Waals surface area contributed by atoms with Crippen molar-refractivity contribution in [1.82, 2.24) is 14.9 Å². The lowest BCUT2D eigenvalue weighted by molar-refractivity contribution is 0.228. The average Bonchev–Trinajstić information content (AvgIpc) is 2.63. The van der Waals surface area contributed by atoms with Crippen molar-refractivity contribution in [2.24, 2.45) is 0 Å². The molecule has 0 aliphatic carbocycles. The highest BCUT2D eigenvalue weighted by Gasteiger charge is 2.20. The molecular weight excluding hydrogens is 218 g/mol. The van der Waals surface area contributed by atoms with Crippen LogP contribution in [0.15, 0.2) is 6.07 Å². The molecule has 6 heteroatoms. The Kier molecular flexibility index (Phi) is 3.63. The molecule has 1 fully saturated rings. The third kappa shape index (κ3) is 3.20. The molecule has 0 saturated carbocycles. The number of anilines is 2. The third-order valence-corrected chi connectivity index (χ3v) is 3.11. The Labute approximate surface area is 101 Å². The van der Waals surface area contributed by atoms with Crippen LogP contribution in [0.1, 0.15) is 19.3 Å². The van der Waals surface area contributed by atoms with Gasteiger partial charge in [-0.2, -0.15) is 9.97 Å².